The second-order valence-electron chi connectivity index (χ2n) is 4.93. The molecule has 22 heavy (non-hydrogen) atoms. The first-order chi connectivity index (χ1) is 10.1. The highest BCUT2D eigenvalue weighted by atomic mass is 35.5. The molecule has 0 amide bonds. The molecule has 0 bridgehead atoms. The molecule has 0 atom stereocenters. The SMILES string of the molecule is CC(C)c1s/c(=N/S(=O)(=O)c2cc(Cl)ccc2O)n(C)c1Cl. The largest absolute Gasteiger partial charge is 0.507 e. The topological polar surface area (TPSA) is 71.7 Å². The number of phenolic OH excluding ortho intramolecular Hbond substituents is 1. The van der Waals surface area contributed by atoms with Crippen LogP contribution in [0.5, 0.6) is 5.75 Å². The fourth-order valence-corrected chi connectivity index (χ4v) is 4.80. The van der Waals surface area contributed by atoms with Crippen molar-refractivity contribution in [3.05, 3.63) is 38.1 Å². The summed E-state index contributed by atoms with van der Waals surface area (Å²) in [4.78, 5) is 0.733. The van der Waals surface area contributed by atoms with Crippen molar-refractivity contribution in [2.45, 2.75) is 24.7 Å². The highest BCUT2D eigenvalue weighted by molar-refractivity contribution is 7.90. The summed E-state index contributed by atoms with van der Waals surface area (Å²) in [5.74, 6) is -0.252. The summed E-state index contributed by atoms with van der Waals surface area (Å²) in [7, 11) is -2.46. The summed E-state index contributed by atoms with van der Waals surface area (Å²) in [6, 6.07) is 3.77. The van der Waals surface area contributed by atoms with E-state index >= 15 is 0 Å². The number of hydrogen-bond acceptors (Lipinski definition) is 4. The van der Waals surface area contributed by atoms with E-state index < -0.39 is 15.8 Å². The second kappa shape index (κ2) is 6.23. The monoisotopic (exact) mass is 380 g/mol. The zero-order chi connectivity index (χ0) is 16.7. The van der Waals surface area contributed by atoms with Gasteiger partial charge in [-0.05, 0) is 24.1 Å². The van der Waals surface area contributed by atoms with E-state index in [0.29, 0.717) is 5.15 Å². The highest BCUT2D eigenvalue weighted by Gasteiger charge is 2.20. The van der Waals surface area contributed by atoms with Crippen molar-refractivity contribution >= 4 is 44.6 Å². The van der Waals surface area contributed by atoms with Crippen LogP contribution in [0.2, 0.25) is 10.2 Å². The van der Waals surface area contributed by atoms with Gasteiger partial charge in [-0.15, -0.1) is 4.40 Å². The first-order valence-corrected chi connectivity index (χ1v) is 9.29. The van der Waals surface area contributed by atoms with Gasteiger partial charge in [0.25, 0.3) is 10.0 Å². The number of phenols is 1. The zero-order valence-electron chi connectivity index (χ0n) is 12.0. The Morgan fingerprint density at radius 3 is 2.50 bits per heavy atom. The van der Waals surface area contributed by atoms with E-state index in [2.05, 4.69) is 4.40 Å². The van der Waals surface area contributed by atoms with E-state index in [9.17, 15) is 13.5 Å². The Morgan fingerprint density at radius 2 is 1.95 bits per heavy atom. The quantitative estimate of drug-likeness (QED) is 0.885. The molecule has 0 radical (unpaired) electrons. The van der Waals surface area contributed by atoms with E-state index in [4.69, 9.17) is 23.2 Å². The van der Waals surface area contributed by atoms with Gasteiger partial charge in [0, 0.05) is 16.9 Å². The fourth-order valence-electron chi connectivity index (χ4n) is 1.74. The van der Waals surface area contributed by atoms with Gasteiger partial charge in [-0.3, -0.25) is 0 Å². The first kappa shape index (κ1) is 17.3. The van der Waals surface area contributed by atoms with E-state index in [0.717, 1.165) is 10.9 Å². The summed E-state index contributed by atoms with van der Waals surface area (Å²) in [5, 5.41) is 10.4. The number of nitrogens with zero attached hydrogens (tertiary/aromatic N) is 2. The van der Waals surface area contributed by atoms with Crippen molar-refractivity contribution < 1.29 is 13.5 Å². The molecule has 0 aliphatic carbocycles. The summed E-state index contributed by atoms with van der Waals surface area (Å²) >= 11 is 13.2. The number of halogens is 2. The Bertz CT molecular complexity index is 883. The van der Waals surface area contributed by atoms with Crippen LogP contribution in [-0.2, 0) is 17.1 Å². The lowest BCUT2D eigenvalue weighted by Crippen LogP contribution is -2.14. The molecule has 1 aromatic heterocycles. The molecule has 2 rings (SSSR count). The van der Waals surface area contributed by atoms with Gasteiger partial charge in [0.1, 0.15) is 15.8 Å². The van der Waals surface area contributed by atoms with Gasteiger partial charge in [-0.1, -0.05) is 48.4 Å². The van der Waals surface area contributed by atoms with Crippen LogP contribution in [0.15, 0.2) is 27.5 Å². The number of hydrogen-bond donors (Lipinski definition) is 1. The van der Waals surface area contributed by atoms with Crippen LogP contribution >= 0.6 is 34.5 Å². The van der Waals surface area contributed by atoms with E-state index in [1.165, 1.54) is 28.0 Å². The predicted octanol–water partition coefficient (Wildman–Crippen LogP) is 3.51. The van der Waals surface area contributed by atoms with Crippen molar-refractivity contribution in [1.82, 2.24) is 4.57 Å². The molecule has 1 N–H and O–H groups in total. The molecule has 0 aliphatic heterocycles. The minimum atomic E-state index is -4.10. The maximum absolute atomic E-state index is 12.4. The molecule has 120 valence electrons. The lowest BCUT2D eigenvalue weighted by atomic mass is 10.2. The standard InChI is InChI=1S/C13H14Cl2N2O3S2/c1-7(2)11-12(15)17(3)13(21-11)16-22(19,20)10-6-8(14)4-5-9(10)18/h4-7,18H,1-3H3/b16-13+. The van der Waals surface area contributed by atoms with Crippen molar-refractivity contribution in [1.29, 1.82) is 0 Å². The number of benzene rings is 1. The van der Waals surface area contributed by atoms with Crippen LogP contribution in [0.25, 0.3) is 0 Å². The first-order valence-electron chi connectivity index (χ1n) is 6.28. The average molecular weight is 381 g/mol. The average Bonchev–Trinajstić information content (AvgIpc) is 2.69. The third-order valence-electron chi connectivity index (χ3n) is 2.91. The molecule has 5 nitrogen and oxygen atoms in total. The number of aromatic nitrogens is 1. The van der Waals surface area contributed by atoms with Crippen molar-refractivity contribution in [3.8, 4) is 5.75 Å². The third kappa shape index (κ3) is 3.32. The van der Waals surface area contributed by atoms with Crippen molar-refractivity contribution in [3.63, 3.8) is 0 Å². The Balaban J connectivity index is 2.66. The summed E-state index contributed by atoms with van der Waals surface area (Å²) < 4.78 is 30.0. The fraction of sp³-hybridized carbons (Fsp3) is 0.308. The normalized spacial score (nSPS) is 13.1. The molecular formula is C13H14Cl2N2O3S2. The summed E-state index contributed by atoms with van der Waals surface area (Å²) in [5.41, 5.74) is 0. The molecule has 0 saturated heterocycles. The Labute approximate surface area is 142 Å². The molecule has 1 heterocycles. The van der Waals surface area contributed by atoms with Gasteiger partial charge in [0.2, 0.25) is 4.80 Å². The van der Waals surface area contributed by atoms with Gasteiger partial charge >= 0.3 is 0 Å². The number of aromatic hydroxyl groups is 1. The smallest absolute Gasteiger partial charge is 0.288 e. The van der Waals surface area contributed by atoms with Crippen molar-refractivity contribution in [2.24, 2.45) is 11.4 Å². The van der Waals surface area contributed by atoms with Crippen LogP contribution in [0.1, 0.15) is 24.6 Å². The minimum absolute atomic E-state index is 0.148. The summed E-state index contributed by atoms with van der Waals surface area (Å²) in [6.07, 6.45) is 0. The Morgan fingerprint density at radius 1 is 1.32 bits per heavy atom. The number of thiazole rings is 1. The molecule has 9 heteroatoms. The Hall–Kier alpha value is -1.02. The molecule has 0 spiro atoms. The van der Waals surface area contributed by atoms with Gasteiger partial charge < -0.3 is 9.67 Å². The number of rotatable bonds is 3. The maximum Gasteiger partial charge on any atom is 0.288 e. The van der Waals surface area contributed by atoms with Gasteiger partial charge in [0.15, 0.2) is 0 Å². The molecule has 0 unspecified atom stereocenters. The third-order valence-corrected chi connectivity index (χ3v) is 6.56. The molecule has 0 saturated carbocycles. The zero-order valence-corrected chi connectivity index (χ0v) is 15.2. The lowest BCUT2D eigenvalue weighted by Gasteiger charge is -2.02. The minimum Gasteiger partial charge on any atom is -0.507 e. The number of sulfonamides is 1. The summed E-state index contributed by atoms with van der Waals surface area (Å²) in [6.45, 7) is 3.91. The van der Waals surface area contributed by atoms with Crippen molar-refractivity contribution in [2.75, 3.05) is 0 Å². The molecule has 0 aliphatic rings. The van der Waals surface area contributed by atoms with Crippen LogP contribution in [0.3, 0.4) is 0 Å². The predicted molar refractivity (Wildman–Crippen MR) is 88.3 cm³/mol. The highest BCUT2D eigenvalue weighted by Crippen LogP contribution is 2.29. The van der Waals surface area contributed by atoms with Crippen LogP contribution in [-0.4, -0.2) is 18.1 Å². The van der Waals surface area contributed by atoms with Crippen LogP contribution in [0.4, 0.5) is 0 Å². The van der Waals surface area contributed by atoms with Gasteiger partial charge in [-0.2, -0.15) is 8.42 Å². The molecular weight excluding hydrogens is 367 g/mol. The maximum atomic E-state index is 12.4. The van der Waals surface area contributed by atoms with Gasteiger partial charge in [-0.25, -0.2) is 0 Å². The van der Waals surface area contributed by atoms with Gasteiger partial charge in [0.05, 0.1) is 0 Å². The molecule has 0 fully saturated rings. The molecule has 2 aromatic rings. The van der Waals surface area contributed by atoms with E-state index in [1.54, 1.807) is 7.05 Å². The van der Waals surface area contributed by atoms with Crippen LogP contribution in [0, 0.1) is 0 Å². The lowest BCUT2D eigenvalue weighted by molar-refractivity contribution is 0.459. The molecule has 1 aromatic carbocycles. The van der Waals surface area contributed by atoms with E-state index in [1.807, 2.05) is 13.8 Å². The second-order valence-corrected chi connectivity index (χ2v) is 8.31. The Kier molecular flexibility index (Phi) is 4.91. The van der Waals surface area contributed by atoms with Crippen LogP contribution < -0.4 is 4.80 Å². The van der Waals surface area contributed by atoms with E-state index in [-0.39, 0.29) is 20.6 Å².